The van der Waals surface area contributed by atoms with Gasteiger partial charge in [0.15, 0.2) is 0 Å². The van der Waals surface area contributed by atoms with Gasteiger partial charge in [0.05, 0.1) is 0 Å². The minimum Gasteiger partial charge on any atom is -0.309 e. The maximum atomic E-state index is 3.80. The van der Waals surface area contributed by atoms with E-state index < -0.39 is 0 Å². The summed E-state index contributed by atoms with van der Waals surface area (Å²) in [5, 5.41) is 3.80. The lowest BCUT2D eigenvalue weighted by molar-refractivity contribution is 0.0767. The Bertz CT molecular complexity index is 291. The Morgan fingerprint density at radius 2 is 1.94 bits per heavy atom. The molecule has 2 heteroatoms. The summed E-state index contributed by atoms with van der Waals surface area (Å²) in [7, 11) is 0. The highest BCUT2D eigenvalue weighted by atomic mass is 15.2. The zero-order chi connectivity index (χ0) is 12.6. The Balaban J connectivity index is 1.62. The molecule has 104 valence electrons. The first kappa shape index (κ1) is 12.9. The lowest BCUT2D eigenvalue weighted by atomic mass is 9.82. The van der Waals surface area contributed by atoms with Gasteiger partial charge in [-0.3, -0.25) is 4.90 Å². The van der Waals surface area contributed by atoms with Gasteiger partial charge in [-0.2, -0.15) is 0 Å². The molecule has 0 aromatic carbocycles. The molecule has 1 aliphatic heterocycles. The second kappa shape index (κ2) is 4.79. The smallest absolute Gasteiger partial charge is 0.0309 e. The van der Waals surface area contributed by atoms with Crippen molar-refractivity contribution in [3.8, 4) is 0 Å². The first-order valence-electron chi connectivity index (χ1n) is 8.13. The quantitative estimate of drug-likeness (QED) is 0.825. The minimum atomic E-state index is 0.422. The Morgan fingerprint density at radius 3 is 2.56 bits per heavy atom. The predicted molar refractivity (Wildman–Crippen MR) is 76.8 cm³/mol. The highest BCUT2D eigenvalue weighted by Crippen LogP contribution is 2.44. The zero-order valence-electron chi connectivity index (χ0n) is 12.3. The highest BCUT2D eigenvalue weighted by Gasteiger charge is 2.45. The minimum absolute atomic E-state index is 0.422. The van der Waals surface area contributed by atoms with Crippen LogP contribution in [-0.2, 0) is 0 Å². The van der Waals surface area contributed by atoms with E-state index in [9.17, 15) is 0 Å². The number of hydrogen-bond donors (Lipinski definition) is 1. The molecule has 3 fully saturated rings. The van der Waals surface area contributed by atoms with E-state index in [4.69, 9.17) is 0 Å². The molecule has 0 bridgehead atoms. The van der Waals surface area contributed by atoms with Crippen LogP contribution in [0.2, 0.25) is 0 Å². The van der Waals surface area contributed by atoms with Crippen molar-refractivity contribution < 1.29 is 0 Å². The average molecular weight is 250 g/mol. The third-order valence-corrected chi connectivity index (χ3v) is 5.96. The Morgan fingerprint density at radius 1 is 1.22 bits per heavy atom. The van der Waals surface area contributed by atoms with Crippen LogP contribution < -0.4 is 5.32 Å². The van der Waals surface area contributed by atoms with Crippen LogP contribution in [0.1, 0.15) is 58.8 Å². The molecule has 1 atom stereocenters. The fourth-order valence-electron chi connectivity index (χ4n) is 4.45. The second-order valence-corrected chi connectivity index (χ2v) is 7.39. The van der Waals surface area contributed by atoms with Crippen LogP contribution in [0.4, 0.5) is 0 Å². The van der Waals surface area contributed by atoms with Gasteiger partial charge < -0.3 is 5.32 Å². The Hall–Kier alpha value is -0.0800. The predicted octanol–water partition coefficient (Wildman–Crippen LogP) is 3.03. The molecule has 0 spiro atoms. The molecule has 2 aliphatic carbocycles. The van der Waals surface area contributed by atoms with Crippen LogP contribution in [0.3, 0.4) is 0 Å². The number of piperazine rings is 1. The van der Waals surface area contributed by atoms with E-state index in [0.29, 0.717) is 11.0 Å². The number of hydrogen-bond acceptors (Lipinski definition) is 2. The Kier molecular flexibility index (Phi) is 3.44. The van der Waals surface area contributed by atoms with Gasteiger partial charge in [0.1, 0.15) is 0 Å². The fraction of sp³-hybridized carbons (Fsp3) is 1.00. The average Bonchev–Trinajstić information content (AvgIpc) is 3.13. The van der Waals surface area contributed by atoms with Crippen LogP contribution >= 0.6 is 0 Å². The van der Waals surface area contributed by atoms with E-state index >= 15 is 0 Å². The fourth-order valence-corrected chi connectivity index (χ4v) is 4.45. The van der Waals surface area contributed by atoms with E-state index in [1.165, 1.54) is 71.1 Å². The van der Waals surface area contributed by atoms with Gasteiger partial charge in [-0.25, -0.2) is 0 Å². The van der Waals surface area contributed by atoms with Crippen molar-refractivity contribution in [3.05, 3.63) is 0 Å². The van der Waals surface area contributed by atoms with Crippen molar-refractivity contribution in [1.82, 2.24) is 10.2 Å². The normalized spacial score (nSPS) is 37.0. The van der Waals surface area contributed by atoms with E-state index in [1.807, 2.05) is 0 Å². The summed E-state index contributed by atoms with van der Waals surface area (Å²) in [5.41, 5.74) is 1.09. The topological polar surface area (TPSA) is 15.3 Å². The van der Waals surface area contributed by atoms with Gasteiger partial charge in [0, 0.05) is 31.7 Å². The Labute approximate surface area is 113 Å². The van der Waals surface area contributed by atoms with Gasteiger partial charge in [-0.15, -0.1) is 0 Å². The summed E-state index contributed by atoms with van der Waals surface area (Å²) >= 11 is 0. The first-order chi connectivity index (χ1) is 8.66. The summed E-state index contributed by atoms with van der Waals surface area (Å²) in [6.07, 6.45) is 10.2. The maximum absolute atomic E-state index is 3.80. The van der Waals surface area contributed by atoms with Crippen molar-refractivity contribution in [1.29, 1.82) is 0 Å². The largest absolute Gasteiger partial charge is 0.309 e. The molecule has 1 unspecified atom stereocenters. The van der Waals surface area contributed by atoms with Gasteiger partial charge in [-0.05, 0) is 50.4 Å². The third-order valence-electron chi connectivity index (χ3n) is 5.96. The van der Waals surface area contributed by atoms with Crippen molar-refractivity contribution in [2.24, 2.45) is 11.3 Å². The second-order valence-electron chi connectivity index (χ2n) is 7.39. The van der Waals surface area contributed by atoms with E-state index in [0.717, 1.165) is 5.92 Å². The molecular formula is C16H30N2. The lowest BCUT2D eigenvalue weighted by Crippen LogP contribution is -2.61. The van der Waals surface area contributed by atoms with Crippen LogP contribution in [0.15, 0.2) is 0 Å². The monoisotopic (exact) mass is 250 g/mol. The van der Waals surface area contributed by atoms with E-state index in [-0.39, 0.29) is 0 Å². The molecular weight excluding hydrogens is 220 g/mol. The van der Waals surface area contributed by atoms with Crippen molar-refractivity contribution in [2.45, 2.75) is 64.3 Å². The summed E-state index contributed by atoms with van der Waals surface area (Å²) in [6, 6.07) is 0. The summed E-state index contributed by atoms with van der Waals surface area (Å²) < 4.78 is 0. The van der Waals surface area contributed by atoms with E-state index in [2.05, 4.69) is 24.1 Å². The standard InChI is InChI=1S/C16H30N2/c1-3-16(8-4-5-9-16)13-18-11-10-17-15(2,12-18)14-6-7-14/h14,17H,3-13H2,1-2H3. The van der Waals surface area contributed by atoms with Gasteiger partial charge in [0.2, 0.25) is 0 Å². The van der Waals surface area contributed by atoms with Crippen LogP contribution in [0, 0.1) is 11.3 Å². The zero-order valence-corrected chi connectivity index (χ0v) is 12.3. The first-order valence-corrected chi connectivity index (χ1v) is 8.13. The van der Waals surface area contributed by atoms with E-state index in [1.54, 1.807) is 0 Å². The maximum Gasteiger partial charge on any atom is 0.0309 e. The highest BCUT2D eigenvalue weighted by molar-refractivity contribution is 5.03. The van der Waals surface area contributed by atoms with Gasteiger partial charge in [-0.1, -0.05) is 19.8 Å². The lowest BCUT2D eigenvalue weighted by Gasteiger charge is -2.45. The molecule has 0 aromatic rings. The summed E-state index contributed by atoms with van der Waals surface area (Å²) in [5.74, 6) is 0.960. The molecule has 0 amide bonds. The molecule has 2 nitrogen and oxygen atoms in total. The summed E-state index contributed by atoms with van der Waals surface area (Å²) in [4.78, 5) is 2.78. The molecule has 3 aliphatic rings. The van der Waals surface area contributed by atoms with Crippen molar-refractivity contribution in [3.63, 3.8) is 0 Å². The number of rotatable bonds is 4. The van der Waals surface area contributed by atoms with Crippen molar-refractivity contribution in [2.75, 3.05) is 26.2 Å². The molecule has 1 N–H and O–H groups in total. The molecule has 0 radical (unpaired) electrons. The number of nitrogens with zero attached hydrogens (tertiary/aromatic N) is 1. The number of nitrogens with one attached hydrogen (secondary N) is 1. The molecule has 18 heavy (non-hydrogen) atoms. The van der Waals surface area contributed by atoms with Crippen LogP contribution in [0.5, 0.6) is 0 Å². The van der Waals surface area contributed by atoms with Gasteiger partial charge >= 0.3 is 0 Å². The van der Waals surface area contributed by atoms with Crippen LogP contribution in [0.25, 0.3) is 0 Å². The molecule has 1 heterocycles. The third kappa shape index (κ3) is 2.46. The molecule has 0 aromatic heterocycles. The van der Waals surface area contributed by atoms with Crippen molar-refractivity contribution >= 4 is 0 Å². The molecule has 2 saturated carbocycles. The SMILES string of the molecule is CCC1(CN2CCNC(C)(C3CC3)C2)CCCC1. The summed E-state index contributed by atoms with van der Waals surface area (Å²) in [6.45, 7) is 10.0. The van der Waals surface area contributed by atoms with Gasteiger partial charge in [0.25, 0.3) is 0 Å². The molecule has 3 rings (SSSR count). The van der Waals surface area contributed by atoms with Crippen LogP contribution in [-0.4, -0.2) is 36.6 Å². The molecule has 1 saturated heterocycles.